The van der Waals surface area contributed by atoms with E-state index in [1.54, 1.807) is 0 Å². The predicted octanol–water partition coefficient (Wildman–Crippen LogP) is 0.837. The average molecular weight is 332 g/mol. The van der Waals surface area contributed by atoms with Crippen LogP contribution in [0, 0.1) is 18.3 Å². The first-order chi connectivity index (χ1) is 11.7. The molecule has 3 aliphatic heterocycles. The molecule has 4 rings (SSSR count). The van der Waals surface area contributed by atoms with Crippen molar-refractivity contribution in [1.82, 2.24) is 25.0 Å². The van der Waals surface area contributed by atoms with E-state index < -0.39 is 0 Å². The van der Waals surface area contributed by atoms with E-state index in [4.69, 9.17) is 4.74 Å². The number of hydrogen-bond donors (Lipinski definition) is 1. The summed E-state index contributed by atoms with van der Waals surface area (Å²) in [5.74, 6) is 3.82. The maximum absolute atomic E-state index is 5.63. The molecule has 0 aromatic carbocycles. The fraction of sp³-hybridized carbons (Fsp3) is 0.824. The Balaban J connectivity index is 1.33. The van der Waals surface area contributed by atoms with Crippen LogP contribution in [0.25, 0.3) is 0 Å². The lowest BCUT2D eigenvalue weighted by Crippen LogP contribution is -2.44. The van der Waals surface area contributed by atoms with Gasteiger partial charge in [-0.3, -0.25) is 4.99 Å². The fourth-order valence-electron chi connectivity index (χ4n) is 4.35. The summed E-state index contributed by atoms with van der Waals surface area (Å²) >= 11 is 0. The third kappa shape index (κ3) is 2.90. The van der Waals surface area contributed by atoms with Crippen molar-refractivity contribution in [2.45, 2.75) is 39.2 Å². The summed E-state index contributed by atoms with van der Waals surface area (Å²) in [7, 11) is 1.89. The van der Waals surface area contributed by atoms with Crippen LogP contribution in [0.3, 0.4) is 0 Å². The summed E-state index contributed by atoms with van der Waals surface area (Å²) in [4.78, 5) is 6.93. The van der Waals surface area contributed by atoms with Crippen LogP contribution in [0.5, 0.6) is 0 Å². The van der Waals surface area contributed by atoms with E-state index >= 15 is 0 Å². The zero-order chi connectivity index (χ0) is 16.6. The van der Waals surface area contributed by atoms with Gasteiger partial charge in [-0.25, -0.2) is 0 Å². The summed E-state index contributed by atoms with van der Waals surface area (Å²) in [6, 6.07) is 0. The molecule has 132 valence electrons. The summed E-state index contributed by atoms with van der Waals surface area (Å²) in [5, 5.41) is 12.1. The topological polar surface area (TPSA) is 67.6 Å². The lowest BCUT2D eigenvalue weighted by molar-refractivity contribution is 0.156. The molecule has 0 aliphatic carbocycles. The van der Waals surface area contributed by atoms with Crippen LogP contribution in [-0.4, -0.2) is 65.5 Å². The molecular formula is C17H28N6O. The van der Waals surface area contributed by atoms with Gasteiger partial charge in [-0.2, -0.15) is 0 Å². The number of aromatic nitrogens is 3. The first kappa shape index (κ1) is 15.9. The molecule has 4 heterocycles. The zero-order valence-corrected chi connectivity index (χ0v) is 14.8. The lowest BCUT2D eigenvalue weighted by atomic mass is 9.87. The molecule has 3 aliphatic rings. The first-order valence-electron chi connectivity index (χ1n) is 9.11. The van der Waals surface area contributed by atoms with Crippen molar-refractivity contribution in [2.24, 2.45) is 16.3 Å². The van der Waals surface area contributed by atoms with Crippen molar-refractivity contribution in [3.8, 4) is 0 Å². The number of aliphatic imine (C=N–C) groups is 1. The Hall–Kier alpha value is -1.63. The van der Waals surface area contributed by atoms with Crippen molar-refractivity contribution in [2.75, 3.05) is 39.9 Å². The highest BCUT2D eigenvalue weighted by atomic mass is 16.5. The molecule has 1 spiro atoms. The van der Waals surface area contributed by atoms with Crippen LogP contribution in [0.2, 0.25) is 0 Å². The molecule has 2 atom stereocenters. The van der Waals surface area contributed by atoms with E-state index in [-0.39, 0.29) is 0 Å². The lowest BCUT2D eigenvalue weighted by Gasteiger charge is -2.28. The highest BCUT2D eigenvalue weighted by molar-refractivity contribution is 5.80. The Morgan fingerprint density at radius 1 is 1.42 bits per heavy atom. The molecule has 24 heavy (non-hydrogen) atoms. The van der Waals surface area contributed by atoms with Crippen LogP contribution in [0.15, 0.2) is 4.99 Å². The Kier molecular flexibility index (Phi) is 4.20. The van der Waals surface area contributed by atoms with Gasteiger partial charge in [-0.1, -0.05) is 0 Å². The maximum atomic E-state index is 5.63. The number of fused-ring (bicyclic) bond motifs is 1. The van der Waals surface area contributed by atoms with Gasteiger partial charge in [0.1, 0.15) is 11.6 Å². The van der Waals surface area contributed by atoms with Gasteiger partial charge in [0.2, 0.25) is 0 Å². The second-order valence-electron chi connectivity index (χ2n) is 7.58. The summed E-state index contributed by atoms with van der Waals surface area (Å²) in [6.45, 7) is 8.01. The van der Waals surface area contributed by atoms with Crippen LogP contribution < -0.4 is 5.32 Å². The zero-order valence-electron chi connectivity index (χ0n) is 14.8. The van der Waals surface area contributed by atoms with E-state index in [0.717, 1.165) is 63.4 Å². The number of ether oxygens (including phenoxy) is 1. The predicted molar refractivity (Wildman–Crippen MR) is 92.0 cm³/mol. The molecule has 1 N–H and O–H groups in total. The molecule has 7 heteroatoms. The van der Waals surface area contributed by atoms with Gasteiger partial charge in [-0.05, 0) is 32.1 Å². The molecule has 2 saturated heterocycles. The summed E-state index contributed by atoms with van der Waals surface area (Å²) in [6.07, 6.45) is 4.61. The van der Waals surface area contributed by atoms with Crippen molar-refractivity contribution in [3.05, 3.63) is 11.6 Å². The number of nitrogens with one attached hydrogen (secondary N) is 1. The fourth-order valence-corrected chi connectivity index (χ4v) is 4.35. The Morgan fingerprint density at radius 3 is 3.12 bits per heavy atom. The Morgan fingerprint density at radius 2 is 2.33 bits per heavy atom. The molecule has 1 aromatic rings. The first-order valence-corrected chi connectivity index (χ1v) is 9.11. The number of rotatable bonds is 2. The van der Waals surface area contributed by atoms with E-state index in [1.807, 2.05) is 14.0 Å². The second-order valence-corrected chi connectivity index (χ2v) is 7.58. The van der Waals surface area contributed by atoms with E-state index in [2.05, 4.69) is 30.0 Å². The highest BCUT2D eigenvalue weighted by Gasteiger charge is 2.42. The molecule has 0 saturated carbocycles. The minimum atomic E-state index is 0.372. The Labute approximate surface area is 143 Å². The monoisotopic (exact) mass is 332 g/mol. The van der Waals surface area contributed by atoms with Crippen molar-refractivity contribution in [1.29, 1.82) is 0 Å². The number of nitrogens with zero attached hydrogens (tertiary/aromatic N) is 5. The van der Waals surface area contributed by atoms with Crippen LogP contribution >= 0.6 is 0 Å². The number of guanidine groups is 1. The van der Waals surface area contributed by atoms with Gasteiger partial charge in [-0.15, -0.1) is 10.2 Å². The molecule has 2 fully saturated rings. The van der Waals surface area contributed by atoms with Crippen molar-refractivity contribution >= 4 is 5.96 Å². The maximum Gasteiger partial charge on any atom is 0.193 e. The van der Waals surface area contributed by atoms with E-state index in [9.17, 15) is 0 Å². The number of hydrogen-bond acceptors (Lipinski definition) is 4. The smallest absolute Gasteiger partial charge is 0.193 e. The molecule has 0 bridgehead atoms. The molecule has 1 aromatic heterocycles. The van der Waals surface area contributed by atoms with E-state index in [0.29, 0.717) is 11.3 Å². The van der Waals surface area contributed by atoms with Gasteiger partial charge < -0.3 is 19.5 Å². The largest absolute Gasteiger partial charge is 0.381 e. The van der Waals surface area contributed by atoms with Gasteiger partial charge in [0.05, 0.1) is 6.61 Å². The van der Waals surface area contributed by atoms with Gasteiger partial charge in [0, 0.05) is 51.7 Å². The summed E-state index contributed by atoms with van der Waals surface area (Å²) < 4.78 is 7.90. The minimum absolute atomic E-state index is 0.372. The average Bonchev–Trinajstić information content (AvgIpc) is 3.32. The molecular weight excluding hydrogens is 304 g/mol. The number of aryl methyl sites for hydroxylation is 2. The Bertz CT molecular complexity index is 619. The van der Waals surface area contributed by atoms with Gasteiger partial charge in [0.25, 0.3) is 0 Å². The standard InChI is InChI=1S/C17H28N6O/c1-13-20-21-15-4-3-14(10-23(13)15)9-19-16(18-2)22-7-5-17(11-22)6-8-24-12-17/h14H,3-12H2,1-2H3,(H,18,19). The third-order valence-electron chi connectivity index (χ3n) is 5.91. The quantitative estimate of drug-likeness (QED) is 0.642. The number of likely N-dealkylation sites (tertiary alicyclic amines) is 1. The second kappa shape index (κ2) is 6.35. The minimum Gasteiger partial charge on any atom is -0.381 e. The summed E-state index contributed by atoms with van der Waals surface area (Å²) in [5.41, 5.74) is 0.372. The molecule has 0 amide bonds. The molecule has 2 unspecified atom stereocenters. The van der Waals surface area contributed by atoms with Gasteiger partial charge >= 0.3 is 0 Å². The SMILES string of the molecule is CN=C(NCC1CCc2nnc(C)n2C1)N1CCC2(CCOC2)C1. The third-order valence-corrected chi connectivity index (χ3v) is 5.91. The molecule has 7 nitrogen and oxygen atoms in total. The van der Waals surface area contributed by atoms with Crippen molar-refractivity contribution < 1.29 is 4.74 Å². The normalized spacial score (nSPS) is 30.2. The van der Waals surface area contributed by atoms with Crippen LogP contribution in [0.1, 0.15) is 30.9 Å². The van der Waals surface area contributed by atoms with Crippen LogP contribution in [-0.2, 0) is 17.7 Å². The van der Waals surface area contributed by atoms with Gasteiger partial charge in [0.15, 0.2) is 5.96 Å². The van der Waals surface area contributed by atoms with E-state index in [1.165, 1.54) is 19.3 Å². The van der Waals surface area contributed by atoms with Crippen molar-refractivity contribution in [3.63, 3.8) is 0 Å². The highest BCUT2D eigenvalue weighted by Crippen LogP contribution is 2.38. The molecule has 0 radical (unpaired) electrons. The van der Waals surface area contributed by atoms with Crippen LogP contribution in [0.4, 0.5) is 0 Å².